The molecule has 176 valence electrons. The van der Waals surface area contributed by atoms with Crippen molar-refractivity contribution in [2.24, 2.45) is 5.92 Å². The third kappa shape index (κ3) is 5.27. The summed E-state index contributed by atoms with van der Waals surface area (Å²) in [4.78, 5) is 13.9. The molecule has 0 radical (unpaired) electrons. The third-order valence-electron chi connectivity index (χ3n) is 6.49. The van der Waals surface area contributed by atoms with Crippen molar-refractivity contribution in [1.82, 2.24) is 0 Å². The van der Waals surface area contributed by atoms with Crippen LogP contribution in [0.5, 0.6) is 5.75 Å². The van der Waals surface area contributed by atoms with Crippen LogP contribution < -0.4 is 4.74 Å². The monoisotopic (exact) mass is 526 g/mol. The standard InChI is InChI=1S/C25H25Cl3O4S/c1-31-20-10-9-15(13-18(20)27)11-12-25(16-5-2-3-6-16)14-19(29)23(24(30)32-25)33-21-8-4-7-17(26)22(21)28/h4,7-10,13,16,29H,2-3,5-6,11-12,14H2,1H3. The second-order valence-electron chi connectivity index (χ2n) is 8.51. The lowest BCUT2D eigenvalue weighted by molar-refractivity contribution is -0.166. The van der Waals surface area contributed by atoms with E-state index >= 15 is 0 Å². The number of ether oxygens (including phenoxy) is 2. The van der Waals surface area contributed by atoms with E-state index in [4.69, 9.17) is 44.3 Å². The Labute approximate surface area is 213 Å². The van der Waals surface area contributed by atoms with Crippen molar-refractivity contribution in [3.63, 3.8) is 0 Å². The number of hydrogen-bond acceptors (Lipinski definition) is 5. The molecule has 1 unspecified atom stereocenters. The number of cyclic esters (lactones) is 1. The number of thioether (sulfide) groups is 1. The van der Waals surface area contributed by atoms with Gasteiger partial charge in [-0.2, -0.15) is 0 Å². The maximum atomic E-state index is 13.2. The third-order valence-corrected chi connectivity index (χ3v) is 8.88. The average molecular weight is 528 g/mol. The molecule has 2 aromatic rings. The van der Waals surface area contributed by atoms with Crippen LogP contribution in [0.3, 0.4) is 0 Å². The van der Waals surface area contributed by atoms with Crippen molar-refractivity contribution in [1.29, 1.82) is 0 Å². The van der Waals surface area contributed by atoms with Gasteiger partial charge in [-0.05, 0) is 61.4 Å². The Bertz CT molecular complexity index is 1080. The van der Waals surface area contributed by atoms with E-state index in [9.17, 15) is 9.90 Å². The fourth-order valence-electron chi connectivity index (χ4n) is 4.77. The molecule has 0 saturated heterocycles. The van der Waals surface area contributed by atoms with Crippen molar-refractivity contribution >= 4 is 52.5 Å². The normalized spacial score (nSPS) is 21.4. The van der Waals surface area contributed by atoms with Gasteiger partial charge in [-0.25, -0.2) is 4.79 Å². The van der Waals surface area contributed by atoms with E-state index in [0.29, 0.717) is 38.6 Å². The number of hydrogen-bond donors (Lipinski definition) is 1. The van der Waals surface area contributed by atoms with Gasteiger partial charge in [0, 0.05) is 11.3 Å². The van der Waals surface area contributed by atoms with Gasteiger partial charge in [-0.1, -0.05) is 71.5 Å². The predicted molar refractivity (Wildman–Crippen MR) is 134 cm³/mol. The fourth-order valence-corrected chi connectivity index (χ4v) is 6.40. The van der Waals surface area contributed by atoms with E-state index < -0.39 is 11.6 Å². The molecule has 2 aliphatic rings. The Morgan fingerprint density at radius 2 is 1.91 bits per heavy atom. The molecule has 1 aliphatic heterocycles. The Balaban J connectivity index is 1.59. The molecular weight excluding hydrogens is 503 g/mol. The summed E-state index contributed by atoms with van der Waals surface area (Å²) in [7, 11) is 1.58. The number of aliphatic hydroxyl groups excluding tert-OH is 1. The van der Waals surface area contributed by atoms with Crippen LogP contribution in [0.1, 0.15) is 44.1 Å². The highest BCUT2D eigenvalue weighted by Crippen LogP contribution is 2.49. The van der Waals surface area contributed by atoms with E-state index in [-0.39, 0.29) is 23.0 Å². The number of halogens is 3. The van der Waals surface area contributed by atoms with Gasteiger partial charge in [-0.15, -0.1) is 0 Å². The number of methoxy groups -OCH3 is 1. The summed E-state index contributed by atoms with van der Waals surface area (Å²) >= 11 is 19.8. The highest BCUT2D eigenvalue weighted by molar-refractivity contribution is 8.04. The summed E-state index contributed by atoms with van der Waals surface area (Å²) in [6, 6.07) is 10.9. The predicted octanol–water partition coefficient (Wildman–Crippen LogP) is 8.03. The fraction of sp³-hybridized carbons (Fsp3) is 0.400. The Morgan fingerprint density at radius 1 is 1.15 bits per heavy atom. The maximum absolute atomic E-state index is 13.2. The summed E-state index contributed by atoms with van der Waals surface area (Å²) in [5.74, 6) is 0.363. The van der Waals surface area contributed by atoms with Crippen molar-refractivity contribution < 1.29 is 19.4 Å². The topological polar surface area (TPSA) is 55.8 Å². The van der Waals surface area contributed by atoms with Gasteiger partial charge < -0.3 is 14.6 Å². The van der Waals surface area contributed by atoms with Crippen molar-refractivity contribution in [3.05, 3.63) is 67.7 Å². The first-order valence-corrected chi connectivity index (χ1v) is 12.9. The van der Waals surface area contributed by atoms with Gasteiger partial charge in [0.05, 0.1) is 22.2 Å². The van der Waals surface area contributed by atoms with E-state index in [1.54, 1.807) is 25.3 Å². The smallest absolute Gasteiger partial charge is 0.349 e. The molecule has 0 spiro atoms. The zero-order chi connectivity index (χ0) is 23.6. The molecule has 8 heteroatoms. The van der Waals surface area contributed by atoms with Crippen LogP contribution in [0.2, 0.25) is 15.1 Å². The lowest BCUT2D eigenvalue weighted by Gasteiger charge is -2.41. The summed E-state index contributed by atoms with van der Waals surface area (Å²) in [5.41, 5.74) is 0.287. The average Bonchev–Trinajstić information content (AvgIpc) is 3.33. The molecule has 0 amide bonds. The van der Waals surface area contributed by atoms with Gasteiger partial charge >= 0.3 is 5.97 Å². The van der Waals surface area contributed by atoms with E-state index in [2.05, 4.69) is 0 Å². The molecule has 1 fully saturated rings. The van der Waals surface area contributed by atoms with Gasteiger partial charge in [0.1, 0.15) is 22.0 Å². The van der Waals surface area contributed by atoms with E-state index in [1.165, 1.54) is 0 Å². The molecule has 33 heavy (non-hydrogen) atoms. The van der Waals surface area contributed by atoms with Crippen molar-refractivity contribution in [3.8, 4) is 5.75 Å². The molecule has 0 bridgehead atoms. The van der Waals surface area contributed by atoms with Crippen LogP contribution in [0.15, 0.2) is 52.0 Å². The Morgan fingerprint density at radius 3 is 2.58 bits per heavy atom. The number of carbonyl (C=O) groups excluding carboxylic acids is 1. The molecule has 4 nitrogen and oxygen atoms in total. The summed E-state index contributed by atoms with van der Waals surface area (Å²) in [5, 5.41) is 12.3. The van der Waals surface area contributed by atoms with E-state index in [0.717, 1.165) is 43.0 Å². The molecule has 0 aromatic heterocycles. The Kier molecular flexibility index (Phi) is 7.74. The maximum Gasteiger partial charge on any atom is 0.349 e. The highest BCUT2D eigenvalue weighted by atomic mass is 35.5. The van der Waals surface area contributed by atoms with Crippen LogP contribution in [0.4, 0.5) is 0 Å². The molecule has 1 saturated carbocycles. The summed E-state index contributed by atoms with van der Waals surface area (Å²) < 4.78 is 11.4. The van der Waals surface area contributed by atoms with Crippen molar-refractivity contribution in [2.45, 2.75) is 55.4 Å². The van der Waals surface area contributed by atoms with Crippen LogP contribution in [-0.2, 0) is 16.0 Å². The van der Waals surface area contributed by atoms with Gasteiger partial charge in [-0.3, -0.25) is 0 Å². The number of rotatable bonds is 7. The van der Waals surface area contributed by atoms with E-state index in [1.807, 2.05) is 18.2 Å². The second-order valence-corrected chi connectivity index (χ2v) is 10.8. The molecule has 1 atom stereocenters. The number of aryl methyl sites for hydroxylation is 1. The molecule has 1 heterocycles. The van der Waals surface area contributed by atoms with Crippen LogP contribution in [0, 0.1) is 5.92 Å². The van der Waals surface area contributed by atoms with Gasteiger partial charge in [0.2, 0.25) is 0 Å². The lowest BCUT2D eigenvalue weighted by Crippen LogP contribution is -2.45. The van der Waals surface area contributed by atoms with Gasteiger partial charge in [0.15, 0.2) is 0 Å². The quantitative estimate of drug-likeness (QED) is 0.369. The minimum atomic E-state index is -0.744. The number of carbonyl (C=O) groups is 1. The van der Waals surface area contributed by atoms with Crippen LogP contribution in [-0.4, -0.2) is 23.8 Å². The van der Waals surface area contributed by atoms with Crippen LogP contribution in [0.25, 0.3) is 0 Å². The number of benzene rings is 2. The van der Waals surface area contributed by atoms with Gasteiger partial charge in [0.25, 0.3) is 0 Å². The molecular formula is C25H25Cl3O4S. The zero-order valence-electron chi connectivity index (χ0n) is 18.2. The first kappa shape index (κ1) is 24.6. The van der Waals surface area contributed by atoms with Crippen molar-refractivity contribution in [2.75, 3.05) is 7.11 Å². The SMILES string of the molecule is COc1ccc(CCC2(C3CCCC3)CC(O)=C(Sc3cccc(Cl)c3Cl)C(=O)O2)cc1Cl. The zero-order valence-corrected chi connectivity index (χ0v) is 21.3. The highest BCUT2D eigenvalue weighted by Gasteiger charge is 2.48. The summed E-state index contributed by atoms with van der Waals surface area (Å²) in [6.45, 7) is 0. The number of aliphatic hydroxyl groups is 1. The minimum Gasteiger partial charge on any atom is -0.511 e. The molecule has 4 rings (SSSR count). The largest absolute Gasteiger partial charge is 0.511 e. The first-order valence-electron chi connectivity index (χ1n) is 10.9. The van der Waals surface area contributed by atoms with Crippen LogP contribution >= 0.6 is 46.6 Å². The summed E-state index contributed by atoms with van der Waals surface area (Å²) in [6.07, 6.45) is 5.72. The first-order chi connectivity index (χ1) is 15.8. The second kappa shape index (κ2) is 10.4. The Hall–Kier alpha value is -1.53. The number of esters is 1. The molecule has 2 aromatic carbocycles. The molecule has 1 N–H and O–H groups in total. The minimum absolute atomic E-state index is 0.0481. The lowest BCUT2D eigenvalue weighted by atomic mass is 9.77. The molecule has 1 aliphatic carbocycles.